The second-order valence-electron chi connectivity index (χ2n) is 7.09. The van der Waals surface area contributed by atoms with Crippen molar-refractivity contribution in [3.63, 3.8) is 0 Å². The van der Waals surface area contributed by atoms with Gasteiger partial charge >= 0.3 is 0 Å². The van der Waals surface area contributed by atoms with Crippen molar-refractivity contribution >= 4 is 23.2 Å². The van der Waals surface area contributed by atoms with Crippen LogP contribution in [0.2, 0.25) is 5.02 Å². The van der Waals surface area contributed by atoms with Crippen molar-refractivity contribution in [3.8, 4) is 0 Å². The number of carbonyl (C=O) groups is 1. The molecule has 0 fully saturated rings. The van der Waals surface area contributed by atoms with Crippen molar-refractivity contribution < 1.29 is 9.90 Å². The lowest BCUT2D eigenvalue weighted by molar-refractivity contribution is -0.136. The van der Waals surface area contributed by atoms with Gasteiger partial charge in [0, 0.05) is 5.02 Å². The SMILES string of the molecule is C/C(=N\NC(=O)C(O)(c1ccc(C)cc1)c1ccc(C)cc1)c1ccc(Cl)cc1. The van der Waals surface area contributed by atoms with Crippen LogP contribution in [0.1, 0.15) is 34.7 Å². The molecule has 0 aliphatic carbocycles. The van der Waals surface area contributed by atoms with Gasteiger partial charge in [0.2, 0.25) is 0 Å². The summed E-state index contributed by atoms with van der Waals surface area (Å²) in [5, 5.41) is 16.3. The zero-order valence-corrected chi connectivity index (χ0v) is 17.4. The molecule has 0 spiro atoms. The van der Waals surface area contributed by atoms with E-state index in [4.69, 9.17) is 11.6 Å². The summed E-state index contributed by atoms with van der Waals surface area (Å²) in [7, 11) is 0. The predicted octanol–water partition coefficient (Wildman–Crippen LogP) is 4.73. The first kappa shape index (κ1) is 20.8. The summed E-state index contributed by atoms with van der Waals surface area (Å²) in [6.45, 7) is 5.68. The van der Waals surface area contributed by atoms with E-state index in [9.17, 15) is 9.90 Å². The second kappa shape index (κ2) is 8.60. The summed E-state index contributed by atoms with van der Waals surface area (Å²) in [5.41, 5.74) is 5.11. The molecule has 0 bridgehead atoms. The third-order valence-electron chi connectivity index (χ3n) is 4.85. The van der Waals surface area contributed by atoms with Gasteiger partial charge < -0.3 is 5.11 Å². The Hall–Kier alpha value is -2.95. The van der Waals surface area contributed by atoms with E-state index in [1.807, 2.05) is 50.2 Å². The van der Waals surface area contributed by atoms with E-state index in [-0.39, 0.29) is 0 Å². The van der Waals surface area contributed by atoms with Crippen molar-refractivity contribution in [1.29, 1.82) is 0 Å². The summed E-state index contributed by atoms with van der Waals surface area (Å²) in [6.07, 6.45) is 0. The summed E-state index contributed by atoms with van der Waals surface area (Å²) < 4.78 is 0. The Morgan fingerprint density at radius 2 is 1.31 bits per heavy atom. The Bertz CT molecular complexity index is 978. The number of benzene rings is 3. The van der Waals surface area contributed by atoms with Gasteiger partial charge in [0.1, 0.15) is 0 Å². The molecule has 0 aliphatic rings. The van der Waals surface area contributed by atoms with Crippen molar-refractivity contribution in [2.45, 2.75) is 26.4 Å². The minimum atomic E-state index is -1.87. The molecule has 0 saturated heterocycles. The van der Waals surface area contributed by atoms with Crippen molar-refractivity contribution in [1.82, 2.24) is 5.43 Å². The van der Waals surface area contributed by atoms with Gasteiger partial charge in [-0.05, 0) is 49.6 Å². The molecule has 0 atom stereocenters. The van der Waals surface area contributed by atoms with Crippen LogP contribution in [0.25, 0.3) is 0 Å². The monoisotopic (exact) mass is 406 g/mol. The molecule has 0 aliphatic heterocycles. The van der Waals surface area contributed by atoms with Gasteiger partial charge in [-0.2, -0.15) is 5.10 Å². The summed E-state index contributed by atoms with van der Waals surface area (Å²) in [4.78, 5) is 13.1. The fourth-order valence-electron chi connectivity index (χ4n) is 2.99. The molecule has 3 aromatic carbocycles. The highest BCUT2D eigenvalue weighted by Gasteiger charge is 2.40. The first-order valence-corrected chi connectivity index (χ1v) is 9.66. The zero-order chi connectivity index (χ0) is 21.0. The Morgan fingerprint density at radius 1 is 0.862 bits per heavy atom. The van der Waals surface area contributed by atoms with E-state index in [1.165, 1.54) is 0 Å². The van der Waals surface area contributed by atoms with Crippen molar-refractivity contribution in [2.24, 2.45) is 5.10 Å². The molecule has 2 N–H and O–H groups in total. The third kappa shape index (κ3) is 4.56. The van der Waals surface area contributed by atoms with Gasteiger partial charge in [-0.25, -0.2) is 5.43 Å². The summed E-state index contributed by atoms with van der Waals surface area (Å²) >= 11 is 5.92. The maximum Gasteiger partial charge on any atom is 0.281 e. The minimum Gasteiger partial charge on any atom is -0.372 e. The van der Waals surface area contributed by atoms with Crippen LogP contribution in [0, 0.1) is 13.8 Å². The number of nitrogens with one attached hydrogen (secondary N) is 1. The van der Waals surface area contributed by atoms with Crippen LogP contribution in [-0.4, -0.2) is 16.7 Å². The van der Waals surface area contributed by atoms with Gasteiger partial charge in [0.25, 0.3) is 5.91 Å². The molecule has 5 heteroatoms. The normalized spacial score (nSPS) is 12.0. The maximum atomic E-state index is 13.1. The van der Waals surface area contributed by atoms with Crippen LogP contribution in [0.5, 0.6) is 0 Å². The molecule has 29 heavy (non-hydrogen) atoms. The van der Waals surface area contributed by atoms with Crippen LogP contribution in [0.15, 0.2) is 77.9 Å². The lowest BCUT2D eigenvalue weighted by atomic mass is 9.85. The van der Waals surface area contributed by atoms with Gasteiger partial charge in [0.15, 0.2) is 5.60 Å². The molecule has 3 aromatic rings. The van der Waals surface area contributed by atoms with E-state index in [0.29, 0.717) is 21.9 Å². The van der Waals surface area contributed by atoms with Crippen LogP contribution < -0.4 is 5.43 Å². The van der Waals surface area contributed by atoms with Gasteiger partial charge in [-0.15, -0.1) is 0 Å². The standard InChI is InChI=1S/C24H23ClN2O2/c1-16-4-10-20(11-5-16)24(29,21-12-6-17(2)7-13-21)23(28)27-26-18(3)19-8-14-22(25)15-9-19/h4-15,29H,1-3H3,(H,27,28)/b26-18+. The molecule has 0 heterocycles. The number of rotatable bonds is 5. The molecule has 3 rings (SSSR count). The molecular formula is C24H23ClN2O2. The number of hydrazone groups is 1. The maximum absolute atomic E-state index is 13.1. The quantitative estimate of drug-likeness (QED) is 0.475. The highest BCUT2D eigenvalue weighted by atomic mass is 35.5. The highest BCUT2D eigenvalue weighted by molar-refractivity contribution is 6.30. The molecule has 1 amide bonds. The van der Waals surface area contributed by atoms with E-state index >= 15 is 0 Å². The first-order valence-electron chi connectivity index (χ1n) is 9.28. The second-order valence-corrected chi connectivity index (χ2v) is 7.52. The van der Waals surface area contributed by atoms with Gasteiger partial charge in [-0.1, -0.05) is 83.4 Å². The molecule has 0 aromatic heterocycles. The Morgan fingerprint density at radius 3 is 1.76 bits per heavy atom. The highest BCUT2D eigenvalue weighted by Crippen LogP contribution is 2.30. The number of hydrogen-bond donors (Lipinski definition) is 2. The lowest BCUT2D eigenvalue weighted by Crippen LogP contribution is -2.44. The molecule has 0 unspecified atom stereocenters. The minimum absolute atomic E-state index is 0.476. The number of carbonyl (C=O) groups excluding carboxylic acids is 1. The van der Waals surface area contributed by atoms with Gasteiger partial charge in [-0.3, -0.25) is 4.79 Å². The largest absolute Gasteiger partial charge is 0.372 e. The molecule has 0 radical (unpaired) electrons. The van der Waals surface area contributed by atoms with Crippen molar-refractivity contribution in [2.75, 3.05) is 0 Å². The fourth-order valence-corrected chi connectivity index (χ4v) is 3.12. The number of aliphatic hydroxyl groups is 1. The fraction of sp³-hybridized carbons (Fsp3) is 0.167. The Kier molecular flexibility index (Phi) is 6.16. The number of hydrogen-bond acceptors (Lipinski definition) is 3. The smallest absolute Gasteiger partial charge is 0.281 e. The Labute approximate surface area is 175 Å². The van der Waals surface area contributed by atoms with E-state index in [0.717, 1.165) is 16.7 Å². The van der Waals surface area contributed by atoms with Crippen LogP contribution in [0.4, 0.5) is 0 Å². The molecule has 0 saturated carbocycles. The summed E-state index contributed by atoms with van der Waals surface area (Å²) in [6, 6.07) is 21.6. The van der Waals surface area contributed by atoms with E-state index in [2.05, 4.69) is 10.5 Å². The Balaban J connectivity index is 1.96. The summed E-state index contributed by atoms with van der Waals surface area (Å²) in [5.74, 6) is -0.626. The van der Waals surface area contributed by atoms with Crippen LogP contribution in [0.3, 0.4) is 0 Å². The van der Waals surface area contributed by atoms with Crippen LogP contribution in [-0.2, 0) is 10.4 Å². The lowest BCUT2D eigenvalue weighted by Gasteiger charge is -2.27. The van der Waals surface area contributed by atoms with Crippen molar-refractivity contribution in [3.05, 3.63) is 106 Å². The topological polar surface area (TPSA) is 61.7 Å². The first-order chi connectivity index (χ1) is 13.8. The average Bonchev–Trinajstić information content (AvgIpc) is 2.72. The van der Waals surface area contributed by atoms with E-state index < -0.39 is 11.5 Å². The number of nitrogens with zero attached hydrogens (tertiary/aromatic N) is 1. The average molecular weight is 407 g/mol. The number of aryl methyl sites for hydroxylation is 2. The van der Waals surface area contributed by atoms with E-state index in [1.54, 1.807) is 43.3 Å². The third-order valence-corrected chi connectivity index (χ3v) is 5.11. The predicted molar refractivity (Wildman–Crippen MR) is 117 cm³/mol. The number of halogens is 1. The number of amides is 1. The molecular weight excluding hydrogens is 384 g/mol. The zero-order valence-electron chi connectivity index (χ0n) is 16.6. The van der Waals surface area contributed by atoms with Gasteiger partial charge in [0.05, 0.1) is 5.71 Å². The molecule has 148 valence electrons. The molecule has 4 nitrogen and oxygen atoms in total. The van der Waals surface area contributed by atoms with Crippen LogP contribution >= 0.6 is 11.6 Å².